The second-order valence-electron chi connectivity index (χ2n) is 6.85. The molecule has 0 aliphatic carbocycles. The monoisotopic (exact) mass is 386 g/mol. The Morgan fingerprint density at radius 3 is 2.52 bits per heavy atom. The summed E-state index contributed by atoms with van der Waals surface area (Å²) in [6, 6.07) is 17.6. The fraction of sp³-hybridized carbons (Fsp3) is 0.300. The number of nitrogens with zero attached hydrogens (tertiary/aromatic N) is 2. The van der Waals surface area contributed by atoms with Crippen LogP contribution >= 0.6 is 12.4 Å². The topological polar surface area (TPSA) is 84.1 Å². The summed E-state index contributed by atoms with van der Waals surface area (Å²) in [7, 11) is 0. The van der Waals surface area contributed by atoms with Gasteiger partial charge in [-0.25, -0.2) is 4.79 Å². The summed E-state index contributed by atoms with van der Waals surface area (Å²) in [5.41, 5.74) is 8.41. The number of benzene rings is 2. The van der Waals surface area contributed by atoms with Gasteiger partial charge in [0, 0.05) is 19.0 Å². The normalized spacial score (nSPS) is 19.2. The molecule has 3 N–H and O–H groups in total. The lowest BCUT2D eigenvalue weighted by atomic mass is 9.89. The summed E-state index contributed by atoms with van der Waals surface area (Å²) in [4.78, 5) is 29.7. The maximum Gasteiger partial charge on any atom is 0.326 e. The lowest BCUT2D eigenvalue weighted by Gasteiger charge is -2.17. The van der Waals surface area contributed by atoms with E-state index in [2.05, 4.69) is 17.1 Å². The number of nitrogens with one attached hydrogen (secondary N) is 1. The highest BCUT2D eigenvalue weighted by Gasteiger charge is 2.35. The van der Waals surface area contributed by atoms with Crippen molar-refractivity contribution in [1.29, 1.82) is 0 Å². The number of nitrogens with two attached hydrogens (primary N) is 1. The predicted molar refractivity (Wildman–Crippen MR) is 108 cm³/mol. The molecule has 6 nitrogen and oxygen atoms in total. The van der Waals surface area contributed by atoms with Crippen molar-refractivity contribution in [2.45, 2.75) is 12.5 Å². The molecule has 142 valence electrons. The average molecular weight is 387 g/mol. The molecule has 2 aromatic carbocycles. The molecule has 7 heteroatoms. The molecule has 1 aromatic heterocycles. The van der Waals surface area contributed by atoms with Gasteiger partial charge in [-0.2, -0.15) is 0 Å². The minimum absolute atomic E-state index is 0. The van der Waals surface area contributed by atoms with Gasteiger partial charge in [0.15, 0.2) is 0 Å². The van der Waals surface area contributed by atoms with Crippen molar-refractivity contribution in [3.63, 3.8) is 0 Å². The summed E-state index contributed by atoms with van der Waals surface area (Å²) in [5, 5.41) is 0. The number of carbonyl (C=O) groups excluding carboxylic acids is 1. The molecule has 0 radical (unpaired) electrons. The first-order valence-electron chi connectivity index (χ1n) is 8.87. The number of H-pyrrole nitrogens is 1. The largest absolute Gasteiger partial charge is 0.340 e. The van der Waals surface area contributed by atoms with Crippen LogP contribution in [0.25, 0.3) is 11.0 Å². The first-order chi connectivity index (χ1) is 12.7. The third-order valence-corrected chi connectivity index (χ3v) is 5.30. The van der Waals surface area contributed by atoms with Crippen LogP contribution < -0.4 is 11.4 Å². The molecular formula is C20H23ClN4O2. The molecule has 0 spiro atoms. The van der Waals surface area contributed by atoms with Crippen molar-refractivity contribution in [3.05, 3.63) is 70.6 Å². The molecule has 1 saturated heterocycles. The minimum atomic E-state index is -0.256. The number of aromatic amines is 1. The van der Waals surface area contributed by atoms with E-state index in [0.29, 0.717) is 19.6 Å². The fourth-order valence-electron chi connectivity index (χ4n) is 3.89. The molecule has 2 heterocycles. The lowest BCUT2D eigenvalue weighted by Crippen LogP contribution is -2.35. The quantitative estimate of drug-likeness (QED) is 0.718. The second kappa shape index (κ2) is 7.98. The summed E-state index contributed by atoms with van der Waals surface area (Å²) in [6.45, 7) is 1.85. The highest BCUT2D eigenvalue weighted by atomic mass is 35.5. The van der Waals surface area contributed by atoms with Crippen LogP contribution in [0.15, 0.2) is 59.4 Å². The number of rotatable bonds is 4. The van der Waals surface area contributed by atoms with Gasteiger partial charge in [0.25, 0.3) is 0 Å². The number of para-hydroxylation sites is 2. The van der Waals surface area contributed by atoms with Gasteiger partial charge in [-0.3, -0.25) is 9.36 Å². The van der Waals surface area contributed by atoms with E-state index in [4.69, 9.17) is 5.73 Å². The molecule has 2 atom stereocenters. The summed E-state index contributed by atoms with van der Waals surface area (Å²) in [5.74, 6) is 0.430. The van der Waals surface area contributed by atoms with Crippen LogP contribution in [-0.2, 0) is 11.3 Å². The van der Waals surface area contributed by atoms with E-state index in [1.54, 1.807) is 0 Å². The van der Waals surface area contributed by atoms with Crippen LogP contribution in [0.3, 0.4) is 0 Å². The van der Waals surface area contributed by atoms with Gasteiger partial charge in [-0.15, -0.1) is 12.4 Å². The molecule has 1 aliphatic heterocycles. The molecule has 1 aliphatic rings. The second-order valence-corrected chi connectivity index (χ2v) is 6.85. The standard InChI is InChI=1S/C20H22N4O2.ClH/c21-10-15-11-23(12-16(15)14-6-2-1-3-7-14)19(25)13-24-18-9-5-4-8-17(18)22-20(24)26;/h1-9,15-16H,10-13,21H2,(H,22,26);1H/t15-,16+;/m1./s1. The van der Waals surface area contributed by atoms with Gasteiger partial charge < -0.3 is 15.6 Å². The maximum absolute atomic E-state index is 12.9. The Balaban J connectivity index is 0.00000210. The Hall–Kier alpha value is -2.57. The number of aromatic nitrogens is 2. The van der Waals surface area contributed by atoms with Crippen molar-refractivity contribution < 1.29 is 4.79 Å². The Bertz CT molecular complexity index is 982. The van der Waals surface area contributed by atoms with E-state index in [0.717, 1.165) is 11.0 Å². The molecule has 27 heavy (non-hydrogen) atoms. The zero-order valence-corrected chi connectivity index (χ0v) is 15.7. The van der Waals surface area contributed by atoms with Crippen LogP contribution in [0.4, 0.5) is 0 Å². The fourth-order valence-corrected chi connectivity index (χ4v) is 3.89. The molecular weight excluding hydrogens is 364 g/mol. The van der Waals surface area contributed by atoms with Crippen LogP contribution in [0.5, 0.6) is 0 Å². The number of carbonyl (C=O) groups is 1. The van der Waals surface area contributed by atoms with Crippen molar-refractivity contribution in [2.24, 2.45) is 11.7 Å². The van der Waals surface area contributed by atoms with Crippen molar-refractivity contribution >= 4 is 29.3 Å². The number of fused-ring (bicyclic) bond motifs is 1. The first-order valence-corrected chi connectivity index (χ1v) is 8.87. The van der Waals surface area contributed by atoms with Crippen LogP contribution in [0, 0.1) is 5.92 Å². The van der Waals surface area contributed by atoms with E-state index < -0.39 is 0 Å². The number of halogens is 1. The van der Waals surface area contributed by atoms with Crippen LogP contribution in [0.2, 0.25) is 0 Å². The van der Waals surface area contributed by atoms with Gasteiger partial charge in [0.1, 0.15) is 6.54 Å². The van der Waals surface area contributed by atoms with Gasteiger partial charge >= 0.3 is 5.69 Å². The lowest BCUT2D eigenvalue weighted by molar-refractivity contribution is -0.130. The Labute approximate surface area is 163 Å². The Morgan fingerprint density at radius 1 is 1.07 bits per heavy atom. The summed E-state index contributed by atoms with van der Waals surface area (Å²) in [6.07, 6.45) is 0. The number of amides is 1. The molecule has 4 rings (SSSR count). The SMILES string of the molecule is Cl.NC[C@@H]1CN(C(=O)Cn2c(=O)[nH]c3ccccc32)C[C@H]1c1ccccc1. The molecule has 0 bridgehead atoms. The van der Waals surface area contributed by atoms with E-state index >= 15 is 0 Å². The molecule has 3 aromatic rings. The van der Waals surface area contributed by atoms with Crippen molar-refractivity contribution in [3.8, 4) is 0 Å². The summed E-state index contributed by atoms with van der Waals surface area (Å²) < 4.78 is 1.50. The average Bonchev–Trinajstić information content (AvgIpc) is 3.24. The van der Waals surface area contributed by atoms with Gasteiger partial charge in [0.05, 0.1) is 11.0 Å². The number of hydrogen-bond acceptors (Lipinski definition) is 3. The molecule has 0 unspecified atom stereocenters. The van der Waals surface area contributed by atoms with Crippen LogP contribution in [0.1, 0.15) is 11.5 Å². The van der Waals surface area contributed by atoms with E-state index in [1.807, 2.05) is 47.4 Å². The zero-order chi connectivity index (χ0) is 18.1. The summed E-state index contributed by atoms with van der Waals surface area (Å²) >= 11 is 0. The highest BCUT2D eigenvalue weighted by molar-refractivity contribution is 5.85. The van der Waals surface area contributed by atoms with E-state index in [9.17, 15) is 9.59 Å². The van der Waals surface area contributed by atoms with Crippen LogP contribution in [-0.4, -0.2) is 40.0 Å². The van der Waals surface area contributed by atoms with Crippen molar-refractivity contribution in [1.82, 2.24) is 14.5 Å². The molecule has 1 fully saturated rings. The molecule has 0 saturated carbocycles. The predicted octanol–water partition coefficient (Wildman–Crippen LogP) is 1.95. The van der Waals surface area contributed by atoms with Gasteiger partial charge in [-0.05, 0) is 30.2 Å². The van der Waals surface area contributed by atoms with Gasteiger partial charge in [-0.1, -0.05) is 42.5 Å². The Morgan fingerprint density at radius 2 is 1.78 bits per heavy atom. The smallest absolute Gasteiger partial charge is 0.326 e. The third kappa shape index (κ3) is 3.63. The van der Waals surface area contributed by atoms with Crippen molar-refractivity contribution in [2.75, 3.05) is 19.6 Å². The van der Waals surface area contributed by atoms with E-state index in [-0.39, 0.29) is 42.4 Å². The van der Waals surface area contributed by atoms with E-state index in [1.165, 1.54) is 10.1 Å². The Kier molecular flexibility index (Phi) is 5.68. The number of imidazole rings is 1. The first kappa shape index (κ1) is 19.2. The highest BCUT2D eigenvalue weighted by Crippen LogP contribution is 2.32. The maximum atomic E-state index is 12.9. The number of hydrogen-bond donors (Lipinski definition) is 2. The molecule has 1 amide bonds. The zero-order valence-electron chi connectivity index (χ0n) is 14.9. The number of likely N-dealkylation sites (tertiary alicyclic amines) is 1. The van der Waals surface area contributed by atoms with Gasteiger partial charge in [0.2, 0.25) is 5.91 Å². The minimum Gasteiger partial charge on any atom is -0.340 e. The third-order valence-electron chi connectivity index (χ3n) is 5.30.